The third-order valence-electron chi connectivity index (χ3n) is 3.54. The van der Waals surface area contributed by atoms with Crippen LogP contribution in [-0.2, 0) is 7.05 Å². The third-order valence-corrected chi connectivity index (χ3v) is 3.54. The normalized spacial score (nSPS) is 12.3. The van der Waals surface area contributed by atoms with Crippen LogP contribution in [0.4, 0.5) is 10.1 Å². The van der Waals surface area contributed by atoms with Crippen LogP contribution in [0.3, 0.4) is 0 Å². The first-order chi connectivity index (χ1) is 9.45. The third kappa shape index (κ3) is 2.48. The molecule has 0 aliphatic carbocycles. The number of methoxy groups -OCH3 is 1. The molecule has 1 aromatic heterocycles. The largest absolute Gasteiger partial charge is 0.496 e. The van der Waals surface area contributed by atoms with E-state index in [1.807, 2.05) is 32.5 Å². The SMILES string of the molecule is COc1cccc(F)c1C(C)Nc1c(C)nn(C)c1C. The summed E-state index contributed by atoms with van der Waals surface area (Å²) in [6.07, 6.45) is 0. The molecule has 108 valence electrons. The van der Waals surface area contributed by atoms with E-state index in [1.165, 1.54) is 6.07 Å². The van der Waals surface area contributed by atoms with Crippen molar-refractivity contribution in [2.75, 3.05) is 12.4 Å². The second-order valence-electron chi connectivity index (χ2n) is 4.89. The number of benzene rings is 1. The quantitative estimate of drug-likeness (QED) is 0.931. The van der Waals surface area contributed by atoms with Gasteiger partial charge >= 0.3 is 0 Å². The summed E-state index contributed by atoms with van der Waals surface area (Å²) in [5.41, 5.74) is 3.37. The molecule has 0 saturated carbocycles. The van der Waals surface area contributed by atoms with E-state index in [4.69, 9.17) is 4.74 Å². The highest BCUT2D eigenvalue weighted by Crippen LogP contribution is 2.31. The number of ether oxygens (including phenoxy) is 1. The van der Waals surface area contributed by atoms with E-state index in [9.17, 15) is 4.39 Å². The number of hydrogen-bond donors (Lipinski definition) is 1. The van der Waals surface area contributed by atoms with E-state index in [2.05, 4.69) is 10.4 Å². The summed E-state index contributed by atoms with van der Waals surface area (Å²) >= 11 is 0. The first kappa shape index (κ1) is 14.4. The van der Waals surface area contributed by atoms with Gasteiger partial charge in [0.15, 0.2) is 0 Å². The number of nitrogens with one attached hydrogen (secondary N) is 1. The van der Waals surface area contributed by atoms with E-state index in [0.717, 1.165) is 17.1 Å². The van der Waals surface area contributed by atoms with Gasteiger partial charge in [-0.2, -0.15) is 5.10 Å². The summed E-state index contributed by atoms with van der Waals surface area (Å²) in [6.45, 7) is 5.82. The monoisotopic (exact) mass is 277 g/mol. The maximum Gasteiger partial charge on any atom is 0.132 e. The van der Waals surface area contributed by atoms with Crippen LogP contribution in [-0.4, -0.2) is 16.9 Å². The van der Waals surface area contributed by atoms with Gasteiger partial charge in [0, 0.05) is 7.05 Å². The fourth-order valence-electron chi connectivity index (χ4n) is 2.39. The minimum atomic E-state index is -0.274. The van der Waals surface area contributed by atoms with Crippen molar-refractivity contribution in [3.63, 3.8) is 0 Å². The molecule has 1 heterocycles. The average molecular weight is 277 g/mol. The molecule has 0 radical (unpaired) electrons. The first-order valence-electron chi connectivity index (χ1n) is 6.54. The van der Waals surface area contributed by atoms with Gasteiger partial charge in [-0.05, 0) is 32.9 Å². The number of aryl methyl sites for hydroxylation is 2. The molecule has 0 amide bonds. The molecule has 1 aromatic carbocycles. The highest BCUT2D eigenvalue weighted by molar-refractivity contribution is 5.54. The first-order valence-corrected chi connectivity index (χ1v) is 6.54. The molecular weight excluding hydrogens is 257 g/mol. The molecule has 20 heavy (non-hydrogen) atoms. The molecule has 5 heteroatoms. The zero-order valence-electron chi connectivity index (χ0n) is 12.5. The number of anilines is 1. The summed E-state index contributed by atoms with van der Waals surface area (Å²) in [5, 5.41) is 7.68. The standard InChI is InChI=1S/C15H20FN3O/c1-9(14-12(16)7-6-8-13(14)20-5)17-15-10(2)18-19(4)11(15)3/h6-9,17H,1-5H3. The number of rotatable bonds is 4. The van der Waals surface area contributed by atoms with Gasteiger partial charge in [-0.15, -0.1) is 0 Å². The van der Waals surface area contributed by atoms with Crippen LogP contribution >= 0.6 is 0 Å². The van der Waals surface area contributed by atoms with Gasteiger partial charge in [-0.25, -0.2) is 4.39 Å². The topological polar surface area (TPSA) is 39.1 Å². The van der Waals surface area contributed by atoms with Crippen molar-refractivity contribution in [3.05, 3.63) is 41.0 Å². The Morgan fingerprint density at radius 2 is 2.05 bits per heavy atom. The van der Waals surface area contributed by atoms with Crippen molar-refractivity contribution in [1.29, 1.82) is 0 Å². The lowest BCUT2D eigenvalue weighted by Gasteiger charge is -2.19. The summed E-state index contributed by atoms with van der Waals surface area (Å²) in [5.74, 6) is 0.271. The summed E-state index contributed by atoms with van der Waals surface area (Å²) in [6, 6.07) is 4.64. The Morgan fingerprint density at radius 3 is 2.60 bits per heavy atom. The van der Waals surface area contributed by atoms with Gasteiger partial charge in [0.2, 0.25) is 0 Å². The van der Waals surface area contributed by atoms with Crippen LogP contribution in [0, 0.1) is 19.7 Å². The Balaban J connectivity index is 2.35. The summed E-state index contributed by atoms with van der Waals surface area (Å²) < 4.78 is 21.1. The van der Waals surface area contributed by atoms with Crippen molar-refractivity contribution < 1.29 is 9.13 Å². The minimum absolute atomic E-state index is 0.215. The summed E-state index contributed by atoms with van der Waals surface area (Å²) in [4.78, 5) is 0. The smallest absolute Gasteiger partial charge is 0.132 e. The molecule has 0 spiro atoms. The molecule has 4 nitrogen and oxygen atoms in total. The van der Waals surface area contributed by atoms with Crippen LogP contribution in [0.5, 0.6) is 5.75 Å². The molecule has 0 bridgehead atoms. The number of halogens is 1. The molecule has 2 aromatic rings. The lowest BCUT2D eigenvalue weighted by Crippen LogP contribution is -2.11. The van der Waals surface area contributed by atoms with Gasteiger partial charge in [0.05, 0.1) is 35.8 Å². The van der Waals surface area contributed by atoms with Gasteiger partial charge < -0.3 is 10.1 Å². The fraction of sp³-hybridized carbons (Fsp3) is 0.400. The highest BCUT2D eigenvalue weighted by Gasteiger charge is 2.19. The number of aromatic nitrogens is 2. The molecule has 0 fully saturated rings. The zero-order chi connectivity index (χ0) is 14.9. The van der Waals surface area contributed by atoms with E-state index >= 15 is 0 Å². The van der Waals surface area contributed by atoms with Crippen molar-refractivity contribution in [2.24, 2.45) is 7.05 Å². The second kappa shape index (κ2) is 5.53. The van der Waals surface area contributed by atoms with Gasteiger partial charge in [-0.3, -0.25) is 4.68 Å². The Morgan fingerprint density at radius 1 is 1.35 bits per heavy atom. The van der Waals surface area contributed by atoms with Crippen molar-refractivity contribution in [2.45, 2.75) is 26.8 Å². The Kier molecular flexibility index (Phi) is 3.97. The van der Waals surface area contributed by atoms with Crippen LogP contribution in [0.25, 0.3) is 0 Å². The Hall–Kier alpha value is -2.04. The Labute approximate surface area is 118 Å². The molecule has 1 atom stereocenters. The molecule has 1 unspecified atom stereocenters. The van der Waals surface area contributed by atoms with E-state index < -0.39 is 0 Å². The van der Waals surface area contributed by atoms with Crippen LogP contribution in [0.2, 0.25) is 0 Å². The van der Waals surface area contributed by atoms with Crippen molar-refractivity contribution >= 4 is 5.69 Å². The van der Waals surface area contributed by atoms with Gasteiger partial charge in [0.1, 0.15) is 11.6 Å². The molecule has 1 N–H and O–H groups in total. The lowest BCUT2D eigenvalue weighted by molar-refractivity contribution is 0.402. The molecule has 2 rings (SSSR count). The molecular formula is C15H20FN3O. The van der Waals surface area contributed by atoms with Gasteiger partial charge in [0.25, 0.3) is 0 Å². The fourth-order valence-corrected chi connectivity index (χ4v) is 2.39. The van der Waals surface area contributed by atoms with E-state index in [0.29, 0.717) is 11.3 Å². The second-order valence-corrected chi connectivity index (χ2v) is 4.89. The van der Waals surface area contributed by atoms with E-state index in [-0.39, 0.29) is 11.9 Å². The number of nitrogens with zero attached hydrogens (tertiary/aromatic N) is 2. The van der Waals surface area contributed by atoms with Crippen LogP contribution in [0.15, 0.2) is 18.2 Å². The van der Waals surface area contributed by atoms with Crippen LogP contribution < -0.4 is 10.1 Å². The predicted molar refractivity (Wildman–Crippen MR) is 77.7 cm³/mol. The average Bonchev–Trinajstić information content (AvgIpc) is 2.64. The van der Waals surface area contributed by atoms with Crippen molar-refractivity contribution in [3.8, 4) is 5.75 Å². The van der Waals surface area contributed by atoms with Crippen molar-refractivity contribution in [1.82, 2.24) is 9.78 Å². The highest BCUT2D eigenvalue weighted by atomic mass is 19.1. The molecule has 0 saturated heterocycles. The van der Waals surface area contributed by atoms with Crippen LogP contribution in [0.1, 0.15) is 29.9 Å². The molecule has 0 aliphatic heterocycles. The van der Waals surface area contributed by atoms with Gasteiger partial charge in [-0.1, -0.05) is 6.07 Å². The lowest BCUT2D eigenvalue weighted by atomic mass is 10.1. The van der Waals surface area contributed by atoms with E-state index in [1.54, 1.807) is 19.2 Å². The molecule has 0 aliphatic rings. The maximum absolute atomic E-state index is 14.1. The minimum Gasteiger partial charge on any atom is -0.496 e. The maximum atomic E-state index is 14.1. The predicted octanol–water partition coefficient (Wildman–Crippen LogP) is 3.36. The zero-order valence-corrected chi connectivity index (χ0v) is 12.5. The Bertz CT molecular complexity index is 622. The summed E-state index contributed by atoms with van der Waals surface area (Å²) in [7, 11) is 3.44. The number of hydrogen-bond acceptors (Lipinski definition) is 3.